The van der Waals surface area contributed by atoms with Crippen LogP contribution in [-0.4, -0.2) is 48.6 Å². The van der Waals surface area contributed by atoms with Crippen LogP contribution in [-0.2, 0) is 0 Å². The van der Waals surface area contributed by atoms with Crippen molar-refractivity contribution >= 4 is 87.4 Å². The van der Waals surface area contributed by atoms with Gasteiger partial charge in [0.2, 0.25) is 5.95 Å². The molecule has 0 amide bonds. The second kappa shape index (κ2) is 26.8. The van der Waals surface area contributed by atoms with Gasteiger partial charge in [0, 0.05) is 51.7 Å². The van der Waals surface area contributed by atoms with Crippen molar-refractivity contribution in [1.29, 1.82) is 0 Å². The van der Waals surface area contributed by atoms with Gasteiger partial charge in [0.25, 0.3) is 0 Å². The van der Waals surface area contributed by atoms with Crippen LogP contribution in [0, 0.1) is 0 Å². The number of aromatic nitrogens is 10. The normalized spacial score (nSPS) is 11.9. The number of fused-ring (bicyclic) bond motifs is 15. The third-order valence-corrected chi connectivity index (χ3v) is 23.7. The van der Waals surface area contributed by atoms with Crippen molar-refractivity contribution < 1.29 is 4.42 Å². The minimum Gasteiger partial charge on any atom is -0.456 e. The first kappa shape index (κ1) is 66.5. The predicted octanol–water partition coefficient (Wildman–Crippen LogP) is 27.0. The standard InChI is InChI=1S/C41H24N2O.2C33H20N4/c1-2-9-25(10-3-1)41-42-36-15-6-7-16-37(36)43(41)27-18-22-39-35(24-27)34-23-26(17-21-38(34)44-39)28-19-20-33-30-12-5-4-11-29(30)32-14-8-13-31(28)40(32)33;1-2-8-25-24(7-1)27-10-5-9-26-23(17-18-28(25)31(26)27)21-13-15-22(16-14-21)32-36-29-11-3-4-12-30(29)37(32)33-34-19-6-20-35-33;1-2-10-22-21(9-1)24-11-7-12-25-23(18-19-26(22)32(24)25)27-14-8-15-29(35-27)33-36-28-13-3-4-16-30(28)37(33)31-17-5-6-20-34-31/h1-24H;2*1-20H. The summed E-state index contributed by atoms with van der Waals surface area (Å²) < 4.78 is 12.7. The first-order valence-corrected chi connectivity index (χ1v) is 39.7. The van der Waals surface area contributed by atoms with Gasteiger partial charge in [0.1, 0.15) is 34.3 Å². The average Bonchev–Trinajstić information content (AvgIpc) is 1.58. The van der Waals surface area contributed by atoms with Crippen molar-refractivity contribution in [3.63, 3.8) is 0 Å². The van der Waals surface area contributed by atoms with Crippen LogP contribution < -0.4 is 0 Å². The Morgan fingerprint density at radius 1 is 0.212 bits per heavy atom. The van der Waals surface area contributed by atoms with E-state index in [0.29, 0.717) is 5.95 Å². The zero-order valence-corrected chi connectivity index (χ0v) is 63.3. The maximum Gasteiger partial charge on any atom is 0.235 e. The van der Waals surface area contributed by atoms with Crippen molar-refractivity contribution in [3.05, 3.63) is 389 Å². The molecule has 118 heavy (non-hydrogen) atoms. The van der Waals surface area contributed by atoms with E-state index in [-0.39, 0.29) is 0 Å². The first-order valence-electron chi connectivity index (χ1n) is 39.7. The molecular formula is C107H64N10O. The van der Waals surface area contributed by atoms with Crippen LogP contribution >= 0.6 is 0 Å². The first-order chi connectivity index (χ1) is 58.5. The number of rotatable bonds is 9. The lowest BCUT2D eigenvalue weighted by Gasteiger charge is -2.11. The summed E-state index contributed by atoms with van der Waals surface area (Å²) in [7, 11) is 0. The number of benzene rings is 16. The fraction of sp³-hybridized carbons (Fsp3) is 0. The largest absolute Gasteiger partial charge is 0.456 e. The van der Waals surface area contributed by atoms with Crippen molar-refractivity contribution in [1.82, 2.24) is 48.6 Å². The van der Waals surface area contributed by atoms with Crippen molar-refractivity contribution in [3.8, 4) is 152 Å². The fourth-order valence-electron chi connectivity index (χ4n) is 18.5. The number of para-hydroxylation sites is 6. The molecule has 23 aromatic rings. The fourth-order valence-corrected chi connectivity index (χ4v) is 18.5. The van der Waals surface area contributed by atoms with Crippen LogP contribution in [0.5, 0.6) is 0 Å². The molecule has 3 aliphatic carbocycles. The summed E-state index contributed by atoms with van der Waals surface area (Å²) >= 11 is 0. The van der Waals surface area contributed by atoms with Crippen molar-refractivity contribution in [2.24, 2.45) is 0 Å². The van der Waals surface area contributed by atoms with Crippen LogP contribution in [0.2, 0.25) is 0 Å². The summed E-state index contributed by atoms with van der Waals surface area (Å²) in [5, 5.41) is 9.96. The summed E-state index contributed by atoms with van der Waals surface area (Å²) in [5.74, 6) is 3.97. The predicted molar refractivity (Wildman–Crippen MR) is 480 cm³/mol. The second-order valence-corrected chi connectivity index (χ2v) is 30.2. The Labute approximate surface area is 676 Å². The number of nitrogens with zero attached hydrogens (tertiary/aromatic N) is 10. The molecule has 26 rings (SSSR count). The van der Waals surface area contributed by atoms with Gasteiger partial charge in [0.05, 0.1) is 38.8 Å². The van der Waals surface area contributed by atoms with E-state index < -0.39 is 0 Å². The van der Waals surface area contributed by atoms with Crippen LogP contribution in [0.15, 0.2) is 393 Å². The monoisotopic (exact) mass is 1500 g/mol. The highest BCUT2D eigenvalue weighted by Crippen LogP contribution is 2.53. The van der Waals surface area contributed by atoms with Crippen LogP contribution in [0.4, 0.5) is 0 Å². The SMILES string of the molecule is c1ccc(-c2nc3ccccc3n2-c2ccc3oc4ccc(-c5ccc6c7c(cccc57)-c5ccccc5-6)cc4c3c2)cc1.c1ccc(-n2c(-c3cccc(-c4ccc5c6c(cccc46)-c4ccccc4-5)n3)nc3ccccc32)nc1.c1cnc(-n2c(-c3ccc(-c4ccc5c6c(cccc46)-c4ccccc4-5)cc3)nc3ccccc32)nc1. The van der Waals surface area contributed by atoms with Gasteiger partial charge in [-0.25, -0.2) is 34.9 Å². The van der Waals surface area contributed by atoms with E-state index in [0.717, 1.165) is 112 Å². The molecule has 0 aliphatic heterocycles. The lowest BCUT2D eigenvalue weighted by atomic mass is 9.93. The molecule has 7 heterocycles. The van der Waals surface area contributed by atoms with E-state index in [1.54, 1.807) is 12.4 Å². The molecule has 3 aliphatic rings. The minimum absolute atomic E-state index is 0.613. The molecular weight excluding hydrogens is 1440 g/mol. The number of pyridine rings is 2. The van der Waals surface area contributed by atoms with Gasteiger partial charge in [0.15, 0.2) is 5.82 Å². The molecule has 11 heteroatoms. The Morgan fingerprint density at radius 2 is 0.610 bits per heavy atom. The van der Waals surface area contributed by atoms with E-state index in [2.05, 4.69) is 315 Å². The van der Waals surface area contributed by atoms with E-state index in [1.807, 2.05) is 89.6 Å². The number of hydrogen-bond donors (Lipinski definition) is 0. The van der Waals surface area contributed by atoms with Gasteiger partial charge in [-0.05, 0) is 218 Å². The molecule has 0 saturated heterocycles. The zero-order valence-electron chi connectivity index (χ0n) is 63.3. The second-order valence-electron chi connectivity index (χ2n) is 30.2. The summed E-state index contributed by atoms with van der Waals surface area (Å²) in [6.45, 7) is 0. The van der Waals surface area contributed by atoms with Gasteiger partial charge in [-0.15, -0.1) is 0 Å². The molecule has 16 aromatic carbocycles. The maximum atomic E-state index is 6.37. The lowest BCUT2D eigenvalue weighted by molar-refractivity contribution is 0.669. The van der Waals surface area contributed by atoms with Gasteiger partial charge in [-0.2, -0.15) is 0 Å². The van der Waals surface area contributed by atoms with Crippen LogP contribution in [0.1, 0.15) is 0 Å². The van der Waals surface area contributed by atoms with E-state index in [1.165, 1.54) is 121 Å². The van der Waals surface area contributed by atoms with Gasteiger partial charge in [-0.3, -0.25) is 13.7 Å². The number of furan rings is 1. The Kier molecular flexibility index (Phi) is 15.1. The highest BCUT2D eigenvalue weighted by atomic mass is 16.3. The third kappa shape index (κ3) is 10.5. The van der Waals surface area contributed by atoms with Gasteiger partial charge >= 0.3 is 0 Å². The minimum atomic E-state index is 0.613. The Bertz CT molecular complexity index is 7970. The Hall–Kier alpha value is -16.1. The lowest BCUT2D eigenvalue weighted by Crippen LogP contribution is -2.02. The topological polar surface area (TPSA) is 118 Å². The molecule has 0 radical (unpaired) electrons. The maximum absolute atomic E-state index is 6.37. The molecule has 0 fully saturated rings. The molecule has 11 nitrogen and oxygen atoms in total. The third-order valence-electron chi connectivity index (χ3n) is 23.7. The molecule has 0 unspecified atom stereocenters. The summed E-state index contributed by atoms with van der Waals surface area (Å²) in [6, 6.07) is 130. The van der Waals surface area contributed by atoms with Crippen LogP contribution in [0.25, 0.3) is 239 Å². The van der Waals surface area contributed by atoms with Crippen molar-refractivity contribution in [2.45, 2.75) is 0 Å². The molecule has 0 atom stereocenters. The Balaban J connectivity index is 0.000000102. The summed E-state index contributed by atoms with van der Waals surface area (Å²) in [5.41, 5.74) is 34.2. The molecule has 0 N–H and O–H groups in total. The number of imidazole rings is 3. The molecule has 7 aromatic heterocycles. The highest BCUT2D eigenvalue weighted by molar-refractivity contribution is 6.22. The molecule has 0 saturated carbocycles. The summed E-state index contributed by atoms with van der Waals surface area (Å²) in [6.07, 6.45) is 5.33. The van der Waals surface area contributed by atoms with E-state index >= 15 is 0 Å². The van der Waals surface area contributed by atoms with Gasteiger partial charge in [-0.1, -0.05) is 273 Å². The highest BCUT2D eigenvalue weighted by Gasteiger charge is 2.28. The van der Waals surface area contributed by atoms with Gasteiger partial charge < -0.3 is 4.42 Å². The van der Waals surface area contributed by atoms with Crippen LogP contribution in [0.3, 0.4) is 0 Å². The average molecular weight is 1510 g/mol. The van der Waals surface area contributed by atoms with Crippen molar-refractivity contribution in [2.75, 3.05) is 0 Å². The molecule has 0 spiro atoms. The van der Waals surface area contributed by atoms with E-state index in [4.69, 9.17) is 24.4 Å². The zero-order chi connectivity index (χ0) is 77.5. The Morgan fingerprint density at radius 3 is 1.18 bits per heavy atom. The summed E-state index contributed by atoms with van der Waals surface area (Å²) in [4.78, 5) is 33.8. The smallest absolute Gasteiger partial charge is 0.235 e. The molecule has 548 valence electrons. The quantitative estimate of drug-likeness (QED) is 0.140. The van der Waals surface area contributed by atoms with E-state index in [9.17, 15) is 0 Å². The number of hydrogen-bond acceptors (Lipinski definition) is 8. The molecule has 0 bridgehead atoms.